The zero-order valence-corrected chi connectivity index (χ0v) is 25.1. The summed E-state index contributed by atoms with van der Waals surface area (Å²) in [7, 11) is 0. The van der Waals surface area contributed by atoms with Crippen LogP contribution in [0.25, 0.3) is 0 Å². The second-order valence-electron chi connectivity index (χ2n) is 12.7. The number of anilines is 1. The molecule has 3 aromatic rings. The zero-order valence-electron chi connectivity index (χ0n) is 25.1. The van der Waals surface area contributed by atoms with Crippen LogP contribution in [-0.2, 0) is 40.1 Å². The summed E-state index contributed by atoms with van der Waals surface area (Å²) >= 11 is 0. The second kappa shape index (κ2) is 12.1. The molecule has 5 nitrogen and oxygen atoms in total. The zero-order chi connectivity index (χ0) is 29.0. The van der Waals surface area contributed by atoms with Gasteiger partial charge in [0, 0.05) is 25.7 Å². The average Bonchev–Trinajstić information content (AvgIpc) is 2.81. The molecule has 0 aliphatic rings. The highest BCUT2D eigenvalue weighted by Gasteiger charge is 2.21. The van der Waals surface area contributed by atoms with E-state index in [1.165, 1.54) is 11.1 Å². The molecule has 0 bridgehead atoms. The Labute approximate surface area is 234 Å². The quantitative estimate of drug-likeness (QED) is 0.336. The van der Waals surface area contributed by atoms with Gasteiger partial charge in [-0.1, -0.05) is 90.1 Å². The number of rotatable bonds is 7. The molecule has 0 atom stereocenters. The second-order valence-corrected chi connectivity index (χ2v) is 12.7. The van der Waals surface area contributed by atoms with E-state index in [9.17, 15) is 9.59 Å². The summed E-state index contributed by atoms with van der Waals surface area (Å²) in [6, 6.07) is 20.5. The van der Waals surface area contributed by atoms with E-state index in [4.69, 9.17) is 4.74 Å². The van der Waals surface area contributed by atoms with Crippen LogP contribution < -0.4 is 5.32 Å². The van der Waals surface area contributed by atoms with Crippen molar-refractivity contribution >= 4 is 17.7 Å². The summed E-state index contributed by atoms with van der Waals surface area (Å²) in [5, 5.41) is 2.79. The van der Waals surface area contributed by atoms with Crippen LogP contribution in [0.15, 0.2) is 60.7 Å². The van der Waals surface area contributed by atoms with E-state index < -0.39 is 6.09 Å². The molecular formula is C34H44N2O3. The number of hydrogen-bond acceptors (Lipinski definition) is 3. The maximum atomic E-state index is 12.6. The number of nitrogens with one attached hydrogen (secondary N) is 1. The molecule has 0 spiro atoms. The van der Waals surface area contributed by atoms with Crippen LogP contribution in [0, 0.1) is 13.8 Å². The first kappa shape index (κ1) is 29.9. The molecule has 0 fully saturated rings. The molecule has 208 valence electrons. The summed E-state index contributed by atoms with van der Waals surface area (Å²) in [6.07, 6.45) is -0.487. The van der Waals surface area contributed by atoms with E-state index >= 15 is 0 Å². The molecule has 2 amide bonds. The number of benzene rings is 3. The molecule has 0 heterocycles. The lowest BCUT2D eigenvalue weighted by molar-refractivity contribution is -0.130. The van der Waals surface area contributed by atoms with Crippen molar-refractivity contribution in [1.82, 2.24) is 4.90 Å². The van der Waals surface area contributed by atoms with Crippen molar-refractivity contribution in [3.8, 4) is 0 Å². The molecular weight excluding hydrogens is 484 g/mol. The van der Waals surface area contributed by atoms with Crippen LogP contribution in [0.5, 0.6) is 0 Å². The van der Waals surface area contributed by atoms with Crippen molar-refractivity contribution in [2.24, 2.45) is 0 Å². The van der Waals surface area contributed by atoms with Crippen LogP contribution in [0.2, 0.25) is 0 Å². The summed E-state index contributed by atoms with van der Waals surface area (Å²) in [4.78, 5) is 26.7. The predicted octanol–water partition coefficient (Wildman–Crippen LogP) is 8.20. The molecule has 5 heteroatoms. The first-order valence-corrected chi connectivity index (χ1v) is 13.6. The average molecular weight is 529 g/mol. The molecule has 0 radical (unpaired) electrons. The Hall–Kier alpha value is -3.60. The number of ether oxygens (including phenoxy) is 1. The third-order valence-electron chi connectivity index (χ3n) is 6.78. The molecule has 0 unspecified atom stereocenters. The number of aryl methyl sites for hydroxylation is 2. The van der Waals surface area contributed by atoms with Crippen LogP contribution in [-0.4, -0.2) is 16.9 Å². The van der Waals surface area contributed by atoms with Gasteiger partial charge in [-0.15, -0.1) is 0 Å². The van der Waals surface area contributed by atoms with Gasteiger partial charge in [-0.3, -0.25) is 10.1 Å². The van der Waals surface area contributed by atoms with Gasteiger partial charge in [0.05, 0.1) is 0 Å². The van der Waals surface area contributed by atoms with Crippen LogP contribution in [0.3, 0.4) is 0 Å². The van der Waals surface area contributed by atoms with Gasteiger partial charge in [0.25, 0.3) is 0 Å². The molecule has 0 aliphatic carbocycles. The van der Waals surface area contributed by atoms with Gasteiger partial charge in [0.15, 0.2) is 0 Å². The molecule has 0 aromatic heterocycles. The molecule has 39 heavy (non-hydrogen) atoms. The van der Waals surface area contributed by atoms with Gasteiger partial charge in [-0.05, 0) is 75.8 Å². The van der Waals surface area contributed by atoms with E-state index in [1.54, 1.807) is 6.92 Å². The fourth-order valence-electron chi connectivity index (χ4n) is 4.46. The van der Waals surface area contributed by atoms with E-state index in [2.05, 4.69) is 71.1 Å². The molecule has 3 aromatic carbocycles. The van der Waals surface area contributed by atoms with E-state index in [0.29, 0.717) is 13.1 Å². The Bertz CT molecular complexity index is 1260. The highest BCUT2D eigenvalue weighted by Crippen LogP contribution is 2.31. The maximum Gasteiger partial charge on any atom is 0.411 e. The Morgan fingerprint density at radius 2 is 1.21 bits per heavy atom. The number of amides is 2. The molecule has 0 aliphatic heterocycles. The first-order valence-electron chi connectivity index (χ1n) is 13.6. The summed E-state index contributed by atoms with van der Waals surface area (Å²) in [6.45, 7) is 20.2. The fourth-order valence-corrected chi connectivity index (χ4v) is 4.46. The maximum absolute atomic E-state index is 12.6. The summed E-state index contributed by atoms with van der Waals surface area (Å²) in [5.41, 5.74) is 8.53. The van der Waals surface area contributed by atoms with Crippen LogP contribution >= 0.6 is 0 Å². The third kappa shape index (κ3) is 8.98. The normalized spacial score (nSPS) is 11.7. The Morgan fingerprint density at radius 1 is 0.718 bits per heavy atom. The minimum atomic E-state index is -0.487. The minimum absolute atomic E-state index is 0.0187. The number of nitrogens with zero attached hydrogens (tertiary/aromatic N) is 1. The van der Waals surface area contributed by atoms with Gasteiger partial charge in [-0.25, -0.2) is 4.79 Å². The van der Waals surface area contributed by atoms with Crippen LogP contribution in [0.1, 0.15) is 87.4 Å². The van der Waals surface area contributed by atoms with Gasteiger partial charge in [-0.2, -0.15) is 0 Å². The molecule has 1 N–H and O–H groups in total. The molecule has 3 rings (SSSR count). The third-order valence-corrected chi connectivity index (χ3v) is 6.78. The lowest BCUT2D eigenvalue weighted by atomic mass is 9.79. The Balaban J connectivity index is 1.66. The molecule has 0 saturated heterocycles. The molecule has 0 saturated carbocycles. The number of carbonyl (C=O) groups excluding carboxylic acids is 2. The Morgan fingerprint density at radius 3 is 1.69 bits per heavy atom. The Kier molecular flexibility index (Phi) is 9.26. The lowest BCUT2D eigenvalue weighted by Crippen LogP contribution is -2.28. The van der Waals surface area contributed by atoms with Crippen molar-refractivity contribution < 1.29 is 14.3 Å². The van der Waals surface area contributed by atoms with Crippen molar-refractivity contribution in [2.75, 3.05) is 5.32 Å². The summed E-state index contributed by atoms with van der Waals surface area (Å²) < 4.78 is 5.41. The van der Waals surface area contributed by atoms with Gasteiger partial charge >= 0.3 is 6.09 Å². The topological polar surface area (TPSA) is 58.6 Å². The minimum Gasteiger partial charge on any atom is -0.444 e. The number of carbonyl (C=O) groups is 2. The van der Waals surface area contributed by atoms with Gasteiger partial charge < -0.3 is 9.64 Å². The first-order chi connectivity index (χ1) is 18.1. The summed E-state index contributed by atoms with van der Waals surface area (Å²) in [5.74, 6) is 0.0314. The smallest absolute Gasteiger partial charge is 0.411 e. The highest BCUT2D eigenvalue weighted by atomic mass is 16.5. The predicted molar refractivity (Wildman–Crippen MR) is 160 cm³/mol. The van der Waals surface area contributed by atoms with Crippen molar-refractivity contribution in [3.05, 3.63) is 99.6 Å². The fraction of sp³-hybridized carbons (Fsp3) is 0.412. The highest BCUT2D eigenvalue weighted by molar-refractivity contribution is 5.84. The monoisotopic (exact) mass is 528 g/mol. The van der Waals surface area contributed by atoms with E-state index in [0.717, 1.165) is 33.5 Å². The van der Waals surface area contributed by atoms with E-state index in [-0.39, 0.29) is 23.3 Å². The van der Waals surface area contributed by atoms with Gasteiger partial charge in [0.1, 0.15) is 6.61 Å². The number of hydrogen-bond donors (Lipinski definition) is 1. The van der Waals surface area contributed by atoms with Crippen LogP contribution in [0.4, 0.5) is 10.5 Å². The lowest BCUT2D eigenvalue weighted by Gasteiger charge is -2.28. The largest absolute Gasteiger partial charge is 0.444 e. The SMILES string of the molecule is CC(=O)N(Cc1ccc(COC(=O)Nc2cc(C)cc(C)c2)cc1)Cc1cc(C(C)(C)C)cc(C(C)(C)C)c1. The van der Waals surface area contributed by atoms with E-state index in [1.807, 2.05) is 55.1 Å². The van der Waals surface area contributed by atoms with Gasteiger partial charge in [0.2, 0.25) is 5.91 Å². The van der Waals surface area contributed by atoms with Crippen molar-refractivity contribution in [2.45, 2.75) is 92.8 Å². The van der Waals surface area contributed by atoms with Crippen molar-refractivity contribution in [3.63, 3.8) is 0 Å². The standard InChI is InChI=1S/C34H44N2O3/c1-23-14-24(2)16-31(15-23)35-32(38)39-22-27-12-10-26(11-13-27)20-36(25(3)37)21-28-17-29(33(4,5)6)19-30(18-28)34(7,8)9/h10-19H,20-22H2,1-9H3,(H,35,38). The van der Waals surface area contributed by atoms with Crippen molar-refractivity contribution in [1.29, 1.82) is 0 Å².